The van der Waals surface area contributed by atoms with Crippen molar-refractivity contribution in [2.75, 3.05) is 0 Å². The van der Waals surface area contributed by atoms with Gasteiger partial charge in [-0.2, -0.15) is 0 Å². The van der Waals surface area contributed by atoms with E-state index in [-0.39, 0.29) is 5.28 Å². The Hall–Kier alpha value is -0.710. The zero-order valence-corrected chi connectivity index (χ0v) is 8.87. The maximum absolute atomic E-state index is 9.75. The van der Waals surface area contributed by atoms with E-state index in [0.717, 1.165) is 31.4 Å². The molecule has 1 N–H and O–H groups in total. The average molecular weight is 227 g/mol. The number of hydrogen-bond donors (Lipinski definition) is 1. The Labute approximate surface area is 92.3 Å². The molecule has 1 unspecified atom stereocenters. The van der Waals surface area contributed by atoms with E-state index in [4.69, 9.17) is 16.3 Å². The molecule has 0 amide bonds. The van der Waals surface area contributed by atoms with Crippen LogP contribution in [0.15, 0.2) is 6.20 Å². The SMILES string of the molecule is OC1OC2(CCCC2)c2nc(Cl)ncc21. The van der Waals surface area contributed by atoms with Crippen LogP contribution in [0.4, 0.5) is 0 Å². The Morgan fingerprint density at radius 2 is 2.20 bits per heavy atom. The van der Waals surface area contributed by atoms with E-state index in [1.807, 2.05) is 0 Å². The molecule has 3 rings (SSSR count). The summed E-state index contributed by atoms with van der Waals surface area (Å²) in [7, 11) is 0. The van der Waals surface area contributed by atoms with Crippen molar-refractivity contribution in [1.29, 1.82) is 0 Å². The largest absolute Gasteiger partial charge is 0.364 e. The van der Waals surface area contributed by atoms with E-state index >= 15 is 0 Å². The van der Waals surface area contributed by atoms with Crippen LogP contribution in [0.2, 0.25) is 5.28 Å². The summed E-state index contributed by atoms with van der Waals surface area (Å²) in [4.78, 5) is 8.08. The molecule has 1 aromatic rings. The molecule has 0 bridgehead atoms. The first-order chi connectivity index (χ1) is 7.21. The molecular formula is C10H11ClN2O2. The minimum Gasteiger partial charge on any atom is -0.364 e. The van der Waals surface area contributed by atoms with Gasteiger partial charge in [-0.1, -0.05) is 12.8 Å². The van der Waals surface area contributed by atoms with Crippen LogP contribution in [-0.4, -0.2) is 15.1 Å². The van der Waals surface area contributed by atoms with Gasteiger partial charge in [0, 0.05) is 6.20 Å². The lowest BCUT2D eigenvalue weighted by atomic mass is 9.97. The fraction of sp³-hybridized carbons (Fsp3) is 0.600. The predicted molar refractivity (Wildman–Crippen MR) is 53.2 cm³/mol. The van der Waals surface area contributed by atoms with Gasteiger partial charge in [-0.05, 0) is 24.4 Å². The van der Waals surface area contributed by atoms with Gasteiger partial charge in [0.2, 0.25) is 5.28 Å². The Bertz CT molecular complexity index is 404. The highest BCUT2D eigenvalue weighted by Crippen LogP contribution is 2.50. The molecule has 1 aliphatic heterocycles. The average Bonchev–Trinajstić information content (AvgIpc) is 2.76. The number of rotatable bonds is 0. The summed E-state index contributed by atoms with van der Waals surface area (Å²) in [6, 6.07) is 0. The van der Waals surface area contributed by atoms with E-state index in [2.05, 4.69) is 9.97 Å². The molecule has 0 aromatic carbocycles. The van der Waals surface area contributed by atoms with Gasteiger partial charge in [-0.15, -0.1) is 0 Å². The topological polar surface area (TPSA) is 55.2 Å². The van der Waals surface area contributed by atoms with E-state index in [1.54, 1.807) is 6.20 Å². The molecule has 4 nitrogen and oxygen atoms in total. The van der Waals surface area contributed by atoms with E-state index in [1.165, 1.54) is 0 Å². The van der Waals surface area contributed by atoms with Gasteiger partial charge in [0.25, 0.3) is 0 Å². The maximum atomic E-state index is 9.75. The third-order valence-corrected chi connectivity index (χ3v) is 3.42. The fourth-order valence-corrected chi connectivity index (χ4v) is 2.68. The van der Waals surface area contributed by atoms with Crippen LogP contribution >= 0.6 is 11.6 Å². The quantitative estimate of drug-likeness (QED) is 0.687. The Balaban J connectivity index is 2.15. The standard InChI is InChI=1S/C10H11ClN2O2/c11-9-12-5-6-7(13-9)10(15-8(6)14)3-1-2-4-10/h5,8,14H,1-4H2. The first kappa shape index (κ1) is 9.51. The first-order valence-corrected chi connectivity index (χ1v) is 5.48. The van der Waals surface area contributed by atoms with Crippen LogP contribution in [0.1, 0.15) is 43.2 Å². The minimum absolute atomic E-state index is 0.220. The molecule has 1 aromatic heterocycles. The number of hydrogen-bond acceptors (Lipinski definition) is 4. The van der Waals surface area contributed by atoms with Crippen LogP contribution in [0.5, 0.6) is 0 Å². The zero-order valence-electron chi connectivity index (χ0n) is 8.11. The van der Waals surface area contributed by atoms with Crippen molar-refractivity contribution in [3.05, 3.63) is 22.7 Å². The zero-order chi connectivity index (χ0) is 10.5. The molecule has 5 heteroatoms. The van der Waals surface area contributed by atoms with E-state index in [9.17, 15) is 5.11 Å². The third-order valence-electron chi connectivity index (χ3n) is 3.23. The molecule has 1 aliphatic carbocycles. The number of ether oxygens (including phenoxy) is 1. The number of nitrogens with zero attached hydrogens (tertiary/aromatic N) is 2. The van der Waals surface area contributed by atoms with Crippen LogP contribution in [0.25, 0.3) is 0 Å². The Morgan fingerprint density at radius 1 is 1.47 bits per heavy atom. The lowest BCUT2D eigenvalue weighted by Gasteiger charge is -2.22. The lowest BCUT2D eigenvalue weighted by molar-refractivity contribution is -0.170. The van der Waals surface area contributed by atoms with Gasteiger partial charge >= 0.3 is 0 Å². The summed E-state index contributed by atoms with van der Waals surface area (Å²) in [6.45, 7) is 0. The maximum Gasteiger partial charge on any atom is 0.222 e. The molecule has 2 aliphatic rings. The summed E-state index contributed by atoms with van der Waals surface area (Å²) in [6.07, 6.45) is 4.69. The monoisotopic (exact) mass is 226 g/mol. The molecule has 0 saturated heterocycles. The van der Waals surface area contributed by atoms with Gasteiger partial charge in [-0.25, -0.2) is 9.97 Å². The van der Waals surface area contributed by atoms with Crippen molar-refractivity contribution in [1.82, 2.24) is 9.97 Å². The van der Waals surface area contributed by atoms with Crippen LogP contribution in [0.3, 0.4) is 0 Å². The summed E-state index contributed by atoms with van der Waals surface area (Å²) in [5, 5.41) is 9.97. The van der Waals surface area contributed by atoms with Crippen molar-refractivity contribution < 1.29 is 9.84 Å². The van der Waals surface area contributed by atoms with Crippen molar-refractivity contribution in [2.24, 2.45) is 0 Å². The Kier molecular flexibility index (Phi) is 1.99. The van der Waals surface area contributed by atoms with E-state index in [0.29, 0.717) is 5.56 Å². The summed E-state index contributed by atoms with van der Waals surface area (Å²) >= 11 is 5.77. The number of aromatic nitrogens is 2. The first-order valence-electron chi connectivity index (χ1n) is 5.10. The second kappa shape index (κ2) is 3.14. The molecule has 2 heterocycles. The summed E-state index contributed by atoms with van der Waals surface area (Å²) in [5.41, 5.74) is 1.05. The van der Waals surface area contributed by atoms with Crippen molar-refractivity contribution in [3.8, 4) is 0 Å². The third kappa shape index (κ3) is 1.29. The predicted octanol–water partition coefficient (Wildman–Crippen LogP) is 1.92. The van der Waals surface area contributed by atoms with Gasteiger partial charge in [0.1, 0.15) is 5.60 Å². The lowest BCUT2D eigenvalue weighted by Crippen LogP contribution is -2.22. The number of halogens is 1. The Morgan fingerprint density at radius 3 is 2.93 bits per heavy atom. The second-order valence-corrected chi connectivity index (χ2v) is 4.45. The van der Waals surface area contributed by atoms with Gasteiger partial charge in [0.15, 0.2) is 6.29 Å². The van der Waals surface area contributed by atoms with Crippen molar-refractivity contribution >= 4 is 11.6 Å². The molecule has 15 heavy (non-hydrogen) atoms. The number of aliphatic hydroxyl groups excluding tert-OH is 1. The second-order valence-electron chi connectivity index (χ2n) is 4.11. The summed E-state index contributed by atoms with van der Waals surface area (Å²) < 4.78 is 5.63. The highest BCUT2D eigenvalue weighted by atomic mass is 35.5. The van der Waals surface area contributed by atoms with Crippen LogP contribution < -0.4 is 0 Å². The smallest absolute Gasteiger partial charge is 0.222 e. The van der Waals surface area contributed by atoms with Gasteiger partial charge in [0.05, 0.1) is 11.3 Å². The van der Waals surface area contributed by atoms with Gasteiger partial charge in [-0.3, -0.25) is 0 Å². The van der Waals surface area contributed by atoms with Crippen LogP contribution in [-0.2, 0) is 10.3 Å². The molecule has 80 valence electrons. The van der Waals surface area contributed by atoms with Crippen molar-refractivity contribution in [3.63, 3.8) is 0 Å². The summed E-state index contributed by atoms with van der Waals surface area (Å²) in [5.74, 6) is 0. The highest BCUT2D eigenvalue weighted by Gasteiger charge is 2.48. The molecular weight excluding hydrogens is 216 g/mol. The number of fused-ring (bicyclic) bond motifs is 2. The molecule has 1 atom stereocenters. The minimum atomic E-state index is -0.893. The fourth-order valence-electron chi connectivity index (χ4n) is 2.55. The van der Waals surface area contributed by atoms with Crippen LogP contribution in [0, 0.1) is 0 Å². The van der Waals surface area contributed by atoms with Gasteiger partial charge < -0.3 is 9.84 Å². The van der Waals surface area contributed by atoms with Crippen molar-refractivity contribution in [2.45, 2.75) is 37.6 Å². The molecule has 1 fully saturated rings. The normalized spacial score (nSPS) is 27.2. The highest BCUT2D eigenvalue weighted by molar-refractivity contribution is 6.28. The molecule has 0 radical (unpaired) electrons. The molecule has 1 spiro atoms. The molecule has 1 saturated carbocycles. The number of aliphatic hydroxyl groups is 1. The van der Waals surface area contributed by atoms with E-state index < -0.39 is 11.9 Å².